The number of likely N-dealkylation sites (N-methyl/N-ethyl adjacent to an activating group) is 1. The summed E-state index contributed by atoms with van der Waals surface area (Å²) in [6.07, 6.45) is 8.56. The number of carbonyl (C=O) groups excluding carboxylic acids is 3. The normalized spacial score (nSPS) is 23.5. The number of benzene rings is 1. The summed E-state index contributed by atoms with van der Waals surface area (Å²) in [5.74, 6) is -0.159. The van der Waals surface area contributed by atoms with Crippen molar-refractivity contribution >= 4 is 36.1 Å². The Morgan fingerprint density at radius 2 is 2.09 bits per heavy atom. The van der Waals surface area contributed by atoms with Crippen LogP contribution in [0.5, 0.6) is 0 Å². The number of nitrogens with zero attached hydrogens (tertiary/aromatic N) is 1. The first-order valence-corrected chi connectivity index (χ1v) is 10.9. The molecule has 3 N–H and O–H groups in total. The quantitative estimate of drug-likeness (QED) is 0.556. The van der Waals surface area contributed by atoms with E-state index in [1.807, 2.05) is 44.2 Å². The molecule has 1 aromatic rings. The molecular weight excluding hydrogens is 408 g/mol. The first-order chi connectivity index (χ1) is 15.5. The highest BCUT2D eigenvalue weighted by Gasteiger charge is 2.40. The van der Waals surface area contributed by atoms with Gasteiger partial charge >= 0.3 is 0 Å². The molecule has 0 aliphatic carbocycles. The summed E-state index contributed by atoms with van der Waals surface area (Å²) in [6.45, 7) is 8.38. The molecule has 3 atom stereocenters. The number of ether oxygens (including phenoxy) is 1. The zero-order valence-electron chi connectivity index (χ0n) is 19.1. The van der Waals surface area contributed by atoms with Crippen LogP contribution in [0.15, 0.2) is 30.9 Å². The molecule has 8 heteroatoms. The molecule has 2 unspecified atom stereocenters. The van der Waals surface area contributed by atoms with Crippen molar-refractivity contribution in [2.75, 3.05) is 25.5 Å². The molecule has 0 aromatic heterocycles. The van der Waals surface area contributed by atoms with Crippen LogP contribution >= 0.6 is 0 Å². The SMILES string of the molecule is C=C/C=c1/c(NC=O)ccc/c1=C/C.CNCC(=O)N[C@H]1CCOC2CCC(C)N2C1=O. The first-order valence-electron chi connectivity index (χ1n) is 10.9. The van der Waals surface area contributed by atoms with Gasteiger partial charge in [0.15, 0.2) is 0 Å². The van der Waals surface area contributed by atoms with Crippen LogP contribution < -0.4 is 26.4 Å². The Labute approximate surface area is 189 Å². The van der Waals surface area contributed by atoms with Crippen LogP contribution in [-0.2, 0) is 19.1 Å². The largest absolute Gasteiger partial charge is 0.358 e. The second-order valence-corrected chi connectivity index (χ2v) is 7.70. The third-order valence-electron chi connectivity index (χ3n) is 5.51. The lowest BCUT2D eigenvalue weighted by atomic mass is 10.1. The molecule has 2 saturated heterocycles. The molecule has 2 aliphatic rings. The molecule has 2 fully saturated rings. The standard InChI is InChI=1S/C12H21N3O3.C12H13NO/c1-8-3-4-11-15(8)12(17)9(5-6-18-11)14-10(16)7-13-2;1-3-6-11-10(4-2)7-5-8-12(11)13-9-14/h8-9,11,13H,3-7H2,1-2H3,(H,14,16);3-9H,1H2,2H3,(H,13,14)/b;10-4-,11-6+/t8?,9-,11?;/m0./s1. The summed E-state index contributed by atoms with van der Waals surface area (Å²) in [5, 5.41) is 10.3. The van der Waals surface area contributed by atoms with Crippen molar-refractivity contribution in [2.24, 2.45) is 0 Å². The van der Waals surface area contributed by atoms with Gasteiger partial charge in [0, 0.05) is 23.4 Å². The minimum Gasteiger partial charge on any atom is -0.358 e. The van der Waals surface area contributed by atoms with Crippen molar-refractivity contribution in [3.63, 3.8) is 0 Å². The molecule has 0 spiro atoms. The Hall–Kier alpha value is -2.97. The van der Waals surface area contributed by atoms with Crippen molar-refractivity contribution in [1.29, 1.82) is 0 Å². The zero-order chi connectivity index (χ0) is 23.5. The summed E-state index contributed by atoms with van der Waals surface area (Å²) in [5.41, 5.74) is 0.801. The van der Waals surface area contributed by atoms with Crippen LogP contribution in [0.1, 0.15) is 33.1 Å². The van der Waals surface area contributed by atoms with Gasteiger partial charge in [-0.15, -0.1) is 0 Å². The third-order valence-corrected chi connectivity index (χ3v) is 5.51. The van der Waals surface area contributed by atoms with E-state index in [-0.39, 0.29) is 30.6 Å². The van der Waals surface area contributed by atoms with E-state index in [1.165, 1.54) is 0 Å². The third kappa shape index (κ3) is 6.51. The fourth-order valence-corrected chi connectivity index (χ4v) is 3.96. The summed E-state index contributed by atoms with van der Waals surface area (Å²) < 4.78 is 5.68. The average molecular weight is 443 g/mol. The van der Waals surface area contributed by atoms with Gasteiger partial charge in [-0.3, -0.25) is 14.4 Å². The summed E-state index contributed by atoms with van der Waals surface area (Å²) in [7, 11) is 1.70. The number of hydrogen-bond donors (Lipinski definition) is 3. The van der Waals surface area contributed by atoms with Crippen LogP contribution in [0.2, 0.25) is 0 Å². The van der Waals surface area contributed by atoms with E-state index in [0.717, 1.165) is 29.0 Å². The maximum absolute atomic E-state index is 12.4. The van der Waals surface area contributed by atoms with E-state index in [4.69, 9.17) is 4.74 Å². The van der Waals surface area contributed by atoms with Crippen molar-refractivity contribution in [3.05, 3.63) is 41.3 Å². The van der Waals surface area contributed by atoms with E-state index < -0.39 is 6.04 Å². The second-order valence-electron chi connectivity index (χ2n) is 7.70. The highest BCUT2D eigenvalue weighted by Crippen LogP contribution is 2.28. The van der Waals surface area contributed by atoms with Gasteiger partial charge in [-0.05, 0) is 45.0 Å². The highest BCUT2D eigenvalue weighted by molar-refractivity contribution is 5.89. The predicted octanol–water partition coefficient (Wildman–Crippen LogP) is 0.470. The first kappa shape index (κ1) is 25.3. The van der Waals surface area contributed by atoms with Gasteiger partial charge in [0.25, 0.3) is 0 Å². The van der Waals surface area contributed by atoms with Crippen molar-refractivity contribution in [1.82, 2.24) is 15.5 Å². The molecule has 0 bridgehead atoms. The molecule has 174 valence electrons. The van der Waals surface area contributed by atoms with E-state index in [2.05, 4.69) is 22.5 Å². The maximum atomic E-state index is 12.4. The number of rotatable bonds is 6. The Balaban J connectivity index is 0.000000235. The zero-order valence-corrected chi connectivity index (χ0v) is 19.1. The number of amides is 3. The van der Waals surface area contributed by atoms with Crippen molar-refractivity contribution in [3.8, 4) is 0 Å². The minimum absolute atomic E-state index is 0.00745. The van der Waals surface area contributed by atoms with Crippen molar-refractivity contribution in [2.45, 2.75) is 51.4 Å². The van der Waals surface area contributed by atoms with E-state index >= 15 is 0 Å². The fraction of sp³-hybridized carbons (Fsp3) is 0.458. The highest BCUT2D eigenvalue weighted by atomic mass is 16.5. The minimum atomic E-state index is -0.448. The Morgan fingerprint density at radius 1 is 1.31 bits per heavy atom. The molecule has 0 saturated carbocycles. The van der Waals surface area contributed by atoms with Crippen LogP contribution in [0.25, 0.3) is 12.2 Å². The fourth-order valence-electron chi connectivity index (χ4n) is 3.96. The van der Waals surface area contributed by atoms with E-state index in [1.54, 1.807) is 18.0 Å². The number of fused-ring (bicyclic) bond motifs is 1. The van der Waals surface area contributed by atoms with Gasteiger partial charge in [0.05, 0.1) is 13.2 Å². The number of anilines is 1. The molecule has 2 heterocycles. The topological polar surface area (TPSA) is 99.8 Å². The smallest absolute Gasteiger partial charge is 0.247 e. The number of nitrogens with one attached hydrogen (secondary N) is 3. The second kappa shape index (κ2) is 12.8. The van der Waals surface area contributed by atoms with Gasteiger partial charge in [-0.25, -0.2) is 0 Å². The van der Waals surface area contributed by atoms with Crippen LogP contribution in [0, 0.1) is 0 Å². The Morgan fingerprint density at radius 3 is 2.75 bits per heavy atom. The molecule has 8 nitrogen and oxygen atoms in total. The number of carbonyl (C=O) groups is 3. The Bertz CT molecular complexity index is 930. The average Bonchev–Trinajstić information content (AvgIpc) is 3.07. The monoisotopic (exact) mass is 442 g/mol. The summed E-state index contributed by atoms with van der Waals surface area (Å²) in [4.78, 5) is 36.1. The summed E-state index contributed by atoms with van der Waals surface area (Å²) in [6, 6.07) is 5.50. The van der Waals surface area contributed by atoms with Gasteiger partial charge in [-0.2, -0.15) is 0 Å². The molecule has 32 heavy (non-hydrogen) atoms. The van der Waals surface area contributed by atoms with E-state index in [0.29, 0.717) is 19.4 Å². The van der Waals surface area contributed by atoms with Crippen molar-refractivity contribution < 1.29 is 19.1 Å². The van der Waals surface area contributed by atoms with Crippen LogP contribution in [0.3, 0.4) is 0 Å². The van der Waals surface area contributed by atoms with Gasteiger partial charge in [0.2, 0.25) is 18.2 Å². The number of allylic oxidation sites excluding steroid dienone is 1. The molecule has 2 aliphatic heterocycles. The van der Waals surface area contributed by atoms with Gasteiger partial charge < -0.3 is 25.6 Å². The summed E-state index contributed by atoms with van der Waals surface area (Å²) >= 11 is 0. The lowest BCUT2D eigenvalue weighted by Crippen LogP contribution is -2.51. The van der Waals surface area contributed by atoms with Crippen LogP contribution in [-0.4, -0.2) is 61.6 Å². The molecule has 1 aromatic carbocycles. The molecule has 3 rings (SSSR count). The molecular formula is C24H34N4O4. The van der Waals surface area contributed by atoms with Gasteiger partial charge in [-0.1, -0.05) is 36.9 Å². The lowest BCUT2D eigenvalue weighted by Gasteiger charge is -2.28. The Kier molecular flexibility index (Phi) is 10.1. The number of hydrogen-bond acceptors (Lipinski definition) is 5. The van der Waals surface area contributed by atoms with E-state index in [9.17, 15) is 14.4 Å². The van der Waals surface area contributed by atoms with Crippen LogP contribution in [0.4, 0.5) is 5.69 Å². The maximum Gasteiger partial charge on any atom is 0.247 e. The predicted molar refractivity (Wildman–Crippen MR) is 126 cm³/mol. The lowest BCUT2D eigenvalue weighted by molar-refractivity contribution is -0.143. The van der Waals surface area contributed by atoms with Gasteiger partial charge in [0.1, 0.15) is 12.3 Å². The molecule has 3 amide bonds. The molecule has 0 radical (unpaired) electrons.